The fourth-order valence-electron chi connectivity index (χ4n) is 2.84. The topological polar surface area (TPSA) is 39.7 Å². The van der Waals surface area contributed by atoms with E-state index in [1.807, 2.05) is 7.05 Å². The summed E-state index contributed by atoms with van der Waals surface area (Å²) in [7, 11) is 1.98. The first-order valence-corrected chi connectivity index (χ1v) is 7.90. The number of halogens is 1. The van der Waals surface area contributed by atoms with Crippen LogP contribution in [0.15, 0.2) is 16.6 Å². The lowest BCUT2D eigenvalue weighted by molar-refractivity contribution is -0.0522. The summed E-state index contributed by atoms with van der Waals surface area (Å²) in [5.41, 5.74) is 2.56. The summed E-state index contributed by atoms with van der Waals surface area (Å²) in [6.07, 6.45) is 2.70. The smallest absolute Gasteiger partial charge is 0.159 e. The molecule has 0 radical (unpaired) electrons. The number of hydrogen-bond donors (Lipinski definition) is 1. The van der Waals surface area contributed by atoms with Gasteiger partial charge in [-0.25, -0.2) is 0 Å². The van der Waals surface area contributed by atoms with Crippen LogP contribution in [0.4, 0.5) is 0 Å². The Morgan fingerprint density at radius 1 is 1.30 bits per heavy atom. The Labute approximate surface area is 127 Å². The van der Waals surface area contributed by atoms with E-state index in [0.29, 0.717) is 19.3 Å². The largest absolute Gasteiger partial charge is 0.493 e. The predicted octanol–water partition coefficient (Wildman–Crippen LogP) is 2.28. The van der Waals surface area contributed by atoms with Crippen LogP contribution in [0.2, 0.25) is 0 Å². The summed E-state index contributed by atoms with van der Waals surface area (Å²) in [5, 5.41) is 3.36. The minimum absolute atomic E-state index is 0.0754. The molecule has 2 aliphatic rings. The average Bonchev–Trinajstić information content (AvgIpc) is 3.08. The fourth-order valence-corrected chi connectivity index (χ4v) is 3.39. The Kier molecular flexibility index (Phi) is 4.61. The molecule has 1 N–H and O–H groups in total. The second-order valence-corrected chi connectivity index (χ2v) is 6.16. The molecule has 1 aromatic rings. The standard InChI is InChI=1S/C15H20BrNO3/c1-17-13(9-14-18-4-5-19-14)8-11-7-12(16)6-10-2-3-20-15(10)11/h6-7,13-14,17H,2-5,8-9H2,1H3. The highest BCUT2D eigenvalue weighted by molar-refractivity contribution is 9.10. The molecule has 2 aliphatic heterocycles. The van der Waals surface area contributed by atoms with Gasteiger partial charge in [0.2, 0.25) is 0 Å². The van der Waals surface area contributed by atoms with Gasteiger partial charge in [-0.1, -0.05) is 15.9 Å². The van der Waals surface area contributed by atoms with E-state index in [-0.39, 0.29) is 6.29 Å². The average molecular weight is 342 g/mol. The zero-order chi connectivity index (χ0) is 13.9. The van der Waals surface area contributed by atoms with Crippen molar-refractivity contribution in [1.82, 2.24) is 5.32 Å². The number of rotatable bonds is 5. The van der Waals surface area contributed by atoms with Crippen LogP contribution >= 0.6 is 15.9 Å². The van der Waals surface area contributed by atoms with E-state index in [1.54, 1.807) is 0 Å². The van der Waals surface area contributed by atoms with E-state index in [0.717, 1.165) is 36.1 Å². The first kappa shape index (κ1) is 14.3. The van der Waals surface area contributed by atoms with Gasteiger partial charge in [0.15, 0.2) is 6.29 Å². The molecule has 110 valence electrons. The SMILES string of the molecule is CNC(Cc1cc(Br)cc2c1OCC2)CC1OCCO1. The molecule has 0 amide bonds. The maximum Gasteiger partial charge on any atom is 0.159 e. The lowest BCUT2D eigenvalue weighted by Crippen LogP contribution is -2.32. The Morgan fingerprint density at radius 3 is 2.85 bits per heavy atom. The Hall–Kier alpha value is -0.620. The van der Waals surface area contributed by atoms with Crippen molar-refractivity contribution < 1.29 is 14.2 Å². The molecule has 1 atom stereocenters. The van der Waals surface area contributed by atoms with Crippen LogP contribution in [0.3, 0.4) is 0 Å². The third-order valence-electron chi connectivity index (χ3n) is 3.87. The second kappa shape index (κ2) is 6.43. The molecule has 0 saturated carbocycles. The lowest BCUT2D eigenvalue weighted by Gasteiger charge is -2.20. The molecule has 0 aromatic heterocycles. The van der Waals surface area contributed by atoms with E-state index in [4.69, 9.17) is 14.2 Å². The van der Waals surface area contributed by atoms with Crippen molar-refractivity contribution >= 4 is 15.9 Å². The molecule has 1 fully saturated rings. The van der Waals surface area contributed by atoms with Crippen molar-refractivity contribution in [3.05, 3.63) is 27.7 Å². The summed E-state index contributed by atoms with van der Waals surface area (Å²) in [6.45, 7) is 2.20. The monoisotopic (exact) mass is 341 g/mol. The predicted molar refractivity (Wildman–Crippen MR) is 80.2 cm³/mol. The van der Waals surface area contributed by atoms with Gasteiger partial charge in [-0.2, -0.15) is 0 Å². The van der Waals surface area contributed by atoms with Crippen molar-refractivity contribution in [2.45, 2.75) is 31.6 Å². The molecule has 0 aliphatic carbocycles. The molecule has 3 rings (SSSR count). The van der Waals surface area contributed by atoms with E-state index >= 15 is 0 Å². The molecule has 0 spiro atoms. The van der Waals surface area contributed by atoms with Gasteiger partial charge in [-0.05, 0) is 36.7 Å². The highest BCUT2D eigenvalue weighted by Crippen LogP contribution is 2.34. The van der Waals surface area contributed by atoms with Crippen LogP contribution in [-0.4, -0.2) is 39.2 Å². The molecule has 0 bridgehead atoms. The summed E-state index contributed by atoms with van der Waals surface area (Å²) in [6, 6.07) is 4.63. The summed E-state index contributed by atoms with van der Waals surface area (Å²) < 4.78 is 18.0. The zero-order valence-electron chi connectivity index (χ0n) is 11.7. The number of hydrogen-bond acceptors (Lipinski definition) is 4. The molecule has 2 heterocycles. The number of nitrogens with one attached hydrogen (secondary N) is 1. The summed E-state index contributed by atoms with van der Waals surface area (Å²) in [4.78, 5) is 0. The van der Waals surface area contributed by atoms with Crippen molar-refractivity contribution in [1.29, 1.82) is 0 Å². The second-order valence-electron chi connectivity index (χ2n) is 5.25. The molecular formula is C15H20BrNO3. The molecule has 1 saturated heterocycles. The molecule has 1 unspecified atom stereocenters. The fraction of sp³-hybridized carbons (Fsp3) is 0.600. The minimum atomic E-state index is -0.0754. The van der Waals surface area contributed by atoms with Crippen molar-refractivity contribution in [3.63, 3.8) is 0 Å². The van der Waals surface area contributed by atoms with E-state index in [1.165, 1.54) is 11.1 Å². The zero-order valence-corrected chi connectivity index (χ0v) is 13.2. The first-order chi connectivity index (χ1) is 9.76. The van der Waals surface area contributed by atoms with Gasteiger partial charge < -0.3 is 19.5 Å². The number of fused-ring (bicyclic) bond motifs is 1. The van der Waals surface area contributed by atoms with Crippen LogP contribution in [0.1, 0.15) is 17.5 Å². The van der Waals surface area contributed by atoms with Crippen LogP contribution in [0, 0.1) is 0 Å². The normalized spacial score (nSPS) is 19.9. The van der Waals surface area contributed by atoms with Gasteiger partial charge in [0.1, 0.15) is 5.75 Å². The molecule has 1 aromatic carbocycles. The Bertz CT molecular complexity index is 474. The first-order valence-electron chi connectivity index (χ1n) is 7.11. The quantitative estimate of drug-likeness (QED) is 0.891. The van der Waals surface area contributed by atoms with Crippen LogP contribution in [0.5, 0.6) is 5.75 Å². The maximum absolute atomic E-state index is 5.79. The van der Waals surface area contributed by atoms with Gasteiger partial charge in [0, 0.05) is 23.4 Å². The van der Waals surface area contributed by atoms with E-state index in [2.05, 4.69) is 33.4 Å². The van der Waals surface area contributed by atoms with E-state index < -0.39 is 0 Å². The highest BCUT2D eigenvalue weighted by Gasteiger charge is 2.24. The van der Waals surface area contributed by atoms with Crippen molar-refractivity contribution in [3.8, 4) is 5.75 Å². The van der Waals surface area contributed by atoms with Crippen LogP contribution in [0.25, 0.3) is 0 Å². The molecule has 4 nitrogen and oxygen atoms in total. The maximum atomic E-state index is 5.79. The summed E-state index contributed by atoms with van der Waals surface area (Å²) >= 11 is 3.59. The minimum Gasteiger partial charge on any atom is -0.493 e. The third-order valence-corrected chi connectivity index (χ3v) is 4.33. The van der Waals surface area contributed by atoms with Gasteiger partial charge in [0.25, 0.3) is 0 Å². The van der Waals surface area contributed by atoms with Gasteiger partial charge in [0.05, 0.1) is 19.8 Å². The molecule has 5 heteroatoms. The Balaban J connectivity index is 1.72. The van der Waals surface area contributed by atoms with Crippen molar-refractivity contribution in [2.75, 3.05) is 26.9 Å². The van der Waals surface area contributed by atoms with Gasteiger partial charge in [-0.3, -0.25) is 0 Å². The van der Waals surface area contributed by atoms with E-state index in [9.17, 15) is 0 Å². The highest BCUT2D eigenvalue weighted by atomic mass is 79.9. The molecular weight excluding hydrogens is 322 g/mol. The lowest BCUT2D eigenvalue weighted by atomic mass is 9.99. The Morgan fingerprint density at radius 2 is 2.10 bits per heavy atom. The third kappa shape index (κ3) is 3.17. The number of benzene rings is 1. The number of likely N-dealkylation sites (N-methyl/N-ethyl adjacent to an activating group) is 1. The van der Waals surface area contributed by atoms with Crippen LogP contribution in [-0.2, 0) is 22.3 Å². The van der Waals surface area contributed by atoms with Gasteiger partial charge >= 0.3 is 0 Å². The molecule has 20 heavy (non-hydrogen) atoms. The van der Waals surface area contributed by atoms with Crippen LogP contribution < -0.4 is 10.1 Å². The van der Waals surface area contributed by atoms with Gasteiger partial charge in [-0.15, -0.1) is 0 Å². The van der Waals surface area contributed by atoms with Crippen molar-refractivity contribution in [2.24, 2.45) is 0 Å². The number of ether oxygens (including phenoxy) is 3. The summed E-state index contributed by atoms with van der Waals surface area (Å²) in [5.74, 6) is 1.07.